The summed E-state index contributed by atoms with van der Waals surface area (Å²) in [6, 6.07) is 5.42. The van der Waals surface area contributed by atoms with Gasteiger partial charge in [0.25, 0.3) is 10.1 Å². The summed E-state index contributed by atoms with van der Waals surface area (Å²) in [5, 5.41) is -0.00192. The van der Waals surface area contributed by atoms with Gasteiger partial charge in [-0.1, -0.05) is 23.7 Å². The second-order valence-electron chi connectivity index (χ2n) is 8.75. The number of benzene rings is 2. The van der Waals surface area contributed by atoms with E-state index in [-0.39, 0.29) is 42.1 Å². The Balaban J connectivity index is 1.98. The molecule has 0 N–H and O–H groups in total. The van der Waals surface area contributed by atoms with Crippen molar-refractivity contribution in [1.29, 1.82) is 0 Å². The van der Waals surface area contributed by atoms with Crippen LogP contribution in [-0.4, -0.2) is 45.2 Å². The first-order valence-electron chi connectivity index (χ1n) is 10.8. The molecule has 14 heteroatoms. The molecule has 1 amide bonds. The number of likely N-dealkylation sites (tertiary alicyclic amines) is 1. The molecule has 1 fully saturated rings. The van der Waals surface area contributed by atoms with E-state index in [1.807, 2.05) is 0 Å². The van der Waals surface area contributed by atoms with Crippen molar-refractivity contribution in [3.8, 4) is 0 Å². The molecule has 0 radical (unpaired) electrons. The molecule has 0 aromatic heterocycles. The zero-order valence-corrected chi connectivity index (χ0v) is 20.8. The first kappa shape index (κ1) is 29.2. The summed E-state index contributed by atoms with van der Waals surface area (Å²) in [5.74, 6) is -1.34. The molecule has 204 valence electrons. The SMILES string of the molecule is CS(=O)(=O)OCCC1(c2ccc(C(F)(F)F)c(C(F)(F)F)c2)CCN(C(=O)Cc2c(F)cccc2Cl)C1. The Hall–Kier alpha value is -2.38. The van der Waals surface area contributed by atoms with Crippen molar-refractivity contribution in [1.82, 2.24) is 4.90 Å². The van der Waals surface area contributed by atoms with Crippen LogP contribution in [0.25, 0.3) is 0 Å². The lowest BCUT2D eigenvalue weighted by Gasteiger charge is -2.31. The normalized spacial score (nSPS) is 18.9. The summed E-state index contributed by atoms with van der Waals surface area (Å²) in [4.78, 5) is 14.2. The van der Waals surface area contributed by atoms with Crippen LogP contribution in [0.15, 0.2) is 36.4 Å². The first-order chi connectivity index (χ1) is 16.9. The molecule has 1 aliphatic rings. The highest BCUT2D eigenvalue weighted by molar-refractivity contribution is 7.85. The van der Waals surface area contributed by atoms with Crippen LogP contribution in [0.1, 0.15) is 35.1 Å². The fourth-order valence-corrected chi connectivity index (χ4v) is 4.99. The number of hydrogen-bond donors (Lipinski definition) is 0. The van der Waals surface area contributed by atoms with Crippen molar-refractivity contribution >= 4 is 27.6 Å². The van der Waals surface area contributed by atoms with Gasteiger partial charge in [-0.15, -0.1) is 0 Å². The number of nitrogens with zero attached hydrogens (tertiary/aromatic N) is 1. The Kier molecular flexibility index (Phi) is 8.21. The minimum absolute atomic E-state index is 0.000469. The molecule has 37 heavy (non-hydrogen) atoms. The van der Waals surface area contributed by atoms with Gasteiger partial charge in [0.05, 0.1) is 30.4 Å². The Bertz CT molecular complexity index is 1260. The summed E-state index contributed by atoms with van der Waals surface area (Å²) in [6.45, 7) is -0.762. The van der Waals surface area contributed by atoms with Crippen molar-refractivity contribution in [3.05, 3.63) is 69.5 Å². The third-order valence-electron chi connectivity index (χ3n) is 6.22. The number of carbonyl (C=O) groups excluding carboxylic acids is 1. The molecule has 0 saturated carbocycles. The van der Waals surface area contributed by atoms with Crippen LogP contribution in [0.3, 0.4) is 0 Å². The van der Waals surface area contributed by atoms with Gasteiger partial charge >= 0.3 is 12.4 Å². The van der Waals surface area contributed by atoms with Gasteiger partial charge in [0.2, 0.25) is 5.91 Å². The maximum Gasteiger partial charge on any atom is 0.417 e. The average molecular weight is 576 g/mol. The lowest BCUT2D eigenvalue weighted by Crippen LogP contribution is -2.36. The van der Waals surface area contributed by atoms with E-state index in [9.17, 15) is 43.9 Å². The van der Waals surface area contributed by atoms with Crippen molar-refractivity contribution < 1.29 is 48.1 Å². The van der Waals surface area contributed by atoms with Gasteiger partial charge in [-0.25, -0.2) is 4.39 Å². The first-order valence-corrected chi connectivity index (χ1v) is 13.0. The number of alkyl halides is 6. The number of halogens is 8. The molecule has 1 saturated heterocycles. The molecule has 2 aromatic carbocycles. The van der Waals surface area contributed by atoms with E-state index < -0.39 is 63.8 Å². The van der Waals surface area contributed by atoms with Gasteiger partial charge in [0.15, 0.2) is 0 Å². The van der Waals surface area contributed by atoms with Gasteiger partial charge in [0.1, 0.15) is 5.82 Å². The van der Waals surface area contributed by atoms with Crippen LogP contribution in [0.4, 0.5) is 30.7 Å². The third kappa shape index (κ3) is 6.94. The van der Waals surface area contributed by atoms with Crippen LogP contribution >= 0.6 is 11.6 Å². The summed E-state index contributed by atoms with van der Waals surface area (Å²) in [6.07, 6.45) is -10.5. The standard InChI is InChI=1S/C23H21ClF7NO4S/c1-37(34,35)36-10-8-21(14-5-6-16(22(26,27)28)17(11-14)23(29,30)31)7-9-32(13-21)20(33)12-15-18(24)3-2-4-19(15)25/h2-6,11H,7-10,12-13H2,1H3. The average Bonchev–Trinajstić information content (AvgIpc) is 3.19. The highest BCUT2D eigenvalue weighted by Crippen LogP contribution is 2.45. The number of carbonyl (C=O) groups is 1. The molecule has 2 aromatic rings. The number of amides is 1. The van der Waals surface area contributed by atoms with Crippen LogP contribution in [-0.2, 0) is 43.3 Å². The lowest BCUT2D eigenvalue weighted by molar-refractivity contribution is -0.162. The van der Waals surface area contributed by atoms with Crippen molar-refractivity contribution in [3.63, 3.8) is 0 Å². The zero-order valence-electron chi connectivity index (χ0n) is 19.2. The van der Waals surface area contributed by atoms with E-state index in [2.05, 4.69) is 0 Å². The maximum atomic E-state index is 14.2. The molecule has 1 aliphatic heterocycles. The molecule has 0 spiro atoms. The van der Waals surface area contributed by atoms with Gasteiger partial charge < -0.3 is 4.90 Å². The maximum absolute atomic E-state index is 14.2. The van der Waals surface area contributed by atoms with E-state index in [0.29, 0.717) is 12.1 Å². The molecule has 0 bridgehead atoms. The topological polar surface area (TPSA) is 63.7 Å². The molecular weight excluding hydrogens is 555 g/mol. The van der Waals surface area contributed by atoms with Crippen LogP contribution in [0, 0.1) is 5.82 Å². The smallest absolute Gasteiger partial charge is 0.341 e. The Morgan fingerprint density at radius 1 is 1.08 bits per heavy atom. The highest BCUT2D eigenvalue weighted by Gasteiger charge is 2.46. The van der Waals surface area contributed by atoms with E-state index in [1.165, 1.54) is 17.0 Å². The summed E-state index contributed by atoms with van der Waals surface area (Å²) in [5.41, 5.74) is -5.37. The minimum Gasteiger partial charge on any atom is -0.341 e. The molecule has 0 aliphatic carbocycles. The molecule has 1 atom stereocenters. The summed E-state index contributed by atoms with van der Waals surface area (Å²) in [7, 11) is -3.93. The van der Waals surface area contributed by atoms with E-state index in [1.54, 1.807) is 0 Å². The minimum atomic E-state index is -5.33. The summed E-state index contributed by atoms with van der Waals surface area (Å²) < 4.78 is 122. The fourth-order valence-electron chi connectivity index (χ4n) is 4.38. The van der Waals surface area contributed by atoms with Crippen molar-refractivity contribution in [2.75, 3.05) is 26.0 Å². The van der Waals surface area contributed by atoms with E-state index in [0.717, 1.165) is 18.4 Å². The lowest BCUT2D eigenvalue weighted by atomic mass is 9.76. The fraction of sp³-hybridized carbons (Fsp3) is 0.435. The molecular formula is C23H21ClF7NO4S. The van der Waals surface area contributed by atoms with Crippen molar-refractivity contribution in [2.24, 2.45) is 0 Å². The molecule has 3 rings (SSSR count). The summed E-state index contributed by atoms with van der Waals surface area (Å²) >= 11 is 5.97. The highest BCUT2D eigenvalue weighted by atomic mass is 35.5. The van der Waals surface area contributed by atoms with Crippen molar-refractivity contribution in [2.45, 2.75) is 37.0 Å². The van der Waals surface area contributed by atoms with Gasteiger partial charge in [0, 0.05) is 29.1 Å². The Morgan fingerprint density at radius 2 is 1.73 bits per heavy atom. The van der Waals surface area contributed by atoms with Gasteiger partial charge in [-0.05, 0) is 42.7 Å². The number of rotatable bonds is 7. The monoisotopic (exact) mass is 575 g/mol. The zero-order chi connectivity index (χ0) is 27.8. The Morgan fingerprint density at radius 3 is 2.30 bits per heavy atom. The van der Waals surface area contributed by atoms with Gasteiger partial charge in [-0.2, -0.15) is 34.8 Å². The molecule has 5 nitrogen and oxygen atoms in total. The molecule has 1 heterocycles. The molecule has 1 unspecified atom stereocenters. The largest absolute Gasteiger partial charge is 0.417 e. The van der Waals surface area contributed by atoms with E-state index in [4.69, 9.17) is 15.8 Å². The Labute approximate surface area is 213 Å². The second-order valence-corrected chi connectivity index (χ2v) is 10.8. The van der Waals surface area contributed by atoms with Crippen LogP contribution in [0.5, 0.6) is 0 Å². The predicted octanol–water partition coefficient (Wildman–Crippen LogP) is 5.60. The van der Waals surface area contributed by atoms with Crippen LogP contribution in [0.2, 0.25) is 5.02 Å². The van der Waals surface area contributed by atoms with E-state index >= 15 is 0 Å². The van der Waals surface area contributed by atoms with Gasteiger partial charge in [-0.3, -0.25) is 8.98 Å². The predicted molar refractivity (Wildman–Crippen MR) is 120 cm³/mol. The quantitative estimate of drug-likeness (QED) is 0.319. The third-order valence-corrected chi connectivity index (χ3v) is 7.17. The second kappa shape index (κ2) is 10.4. The number of hydrogen-bond acceptors (Lipinski definition) is 4. The van der Waals surface area contributed by atoms with Crippen LogP contribution < -0.4 is 0 Å².